The van der Waals surface area contributed by atoms with E-state index in [1.54, 1.807) is 17.8 Å². The molecule has 1 N–H and O–H groups in total. The molecule has 1 fully saturated rings. The van der Waals surface area contributed by atoms with Crippen LogP contribution in [0, 0.1) is 5.92 Å². The quantitative estimate of drug-likeness (QED) is 0.609. The highest BCUT2D eigenvalue weighted by atomic mass is 32.2. The van der Waals surface area contributed by atoms with Gasteiger partial charge in [-0.1, -0.05) is 44.2 Å². The Balaban J connectivity index is 1.51. The van der Waals surface area contributed by atoms with Crippen molar-refractivity contribution >= 4 is 23.5 Å². The van der Waals surface area contributed by atoms with E-state index in [0.29, 0.717) is 18.7 Å². The first-order valence-corrected chi connectivity index (χ1v) is 12.5. The fraction of sp³-hybridized carbons (Fsp3) is 0.520. The fourth-order valence-electron chi connectivity index (χ4n) is 5.04. The molecule has 2 aromatic rings. The summed E-state index contributed by atoms with van der Waals surface area (Å²) in [5.41, 5.74) is 2.40. The Labute approximate surface area is 197 Å². The zero-order valence-electron chi connectivity index (χ0n) is 19.2. The third-order valence-corrected chi connectivity index (χ3v) is 8.10. The number of rotatable bonds is 5. The highest BCUT2D eigenvalue weighted by Crippen LogP contribution is 2.41. The summed E-state index contributed by atoms with van der Waals surface area (Å²) in [5.74, 6) is 1.37. The van der Waals surface area contributed by atoms with Crippen molar-refractivity contribution in [2.75, 3.05) is 23.9 Å². The number of alkyl halides is 3. The maximum atomic E-state index is 14.0. The van der Waals surface area contributed by atoms with E-state index in [0.717, 1.165) is 22.8 Å². The van der Waals surface area contributed by atoms with Crippen molar-refractivity contribution in [3.63, 3.8) is 0 Å². The van der Waals surface area contributed by atoms with Crippen molar-refractivity contribution in [1.29, 1.82) is 0 Å². The van der Waals surface area contributed by atoms with Crippen molar-refractivity contribution in [1.82, 2.24) is 9.88 Å². The van der Waals surface area contributed by atoms with Crippen LogP contribution in [-0.2, 0) is 16.6 Å². The summed E-state index contributed by atoms with van der Waals surface area (Å²) in [4.78, 5) is 18.0. The normalized spacial score (nSPS) is 21.3. The predicted octanol–water partition coefficient (Wildman–Crippen LogP) is 5.60. The van der Waals surface area contributed by atoms with Crippen molar-refractivity contribution < 1.29 is 18.0 Å². The zero-order chi connectivity index (χ0) is 23.8. The molecule has 1 aromatic carbocycles. The van der Waals surface area contributed by atoms with Crippen LogP contribution in [0.4, 0.5) is 19.0 Å². The van der Waals surface area contributed by atoms with E-state index in [1.807, 2.05) is 12.1 Å². The van der Waals surface area contributed by atoms with Crippen LogP contribution >= 0.6 is 11.8 Å². The molecule has 0 bridgehead atoms. The lowest BCUT2D eigenvalue weighted by molar-refractivity contribution is -0.190. The number of carbonyl (C=O) groups is 1. The first-order chi connectivity index (χ1) is 15.6. The number of pyridine rings is 1. The molecule has 0 spiro atoms. The highest BCUT2D eigenvalue weighted by molar-refractivity contribution is 7.99. The van der Waals surface area contributed by atoms with Gasteiger partial charge in [-0.2, -0.15) is 24.9 Å². The average molecular weight is 478 g/mol. The lowest BCUT2D eigenvalue weighted by Gasteiger charge is -2.34. The molecule has 1 aliphatic heterocycles. The van der Waals surface area contributed by atoms with Crippen molar-refractivity contribution in [3.8, 4) is 0 Å². The second-order valence-electron chi connectivity index (χ2n) is 9.54. The van der Waals surface area contributed by atoms with Gasteiger partial charge in [0.25, 0.3) is 0 Å². The standard InChI is InChI=1S/C25H30F3N3OS/c1-24(2)19-7-5-4-6-17(19)14-20(24)30-21-9-8-18(15-29-21)22(25(26,27)28)31(3)23(32)16-10-12-33-13-11-16/h4-9,15-16,20,22H,10-14H2,1-3H3,(H,29,30)/t20?,22-/m0/s1. The molecular weight excluding hydrogens is 447 g/mol. The van der Waals surface area contributed by atoms with Crippen LogP contribution in [0.3, 0.4) is 0 Å². The molecule has 33 heavy (non-hydrogen) atoms. The van der Waals surface area contributed by atoms with E-state index in [1.165, 1.54) is 30.4 Å². The number of nitrogens with zero attached hydrogens (tertiary/aromatic N) is 2. The van der Waals surface area contributed by atoms with E-state index in [4.69, 9.17) is 0 Å². The molecule has 8 heteroatoms. The van der Waals surface area contributed by atoms with Crippen molar-refractivity contribution in [3.05, 3.63) is 59.3 Å². The number of amides is 1. The topological polar surface area (TPSA) is 45.2 Å². The monoisotopic (exact) mass is 477 g/mol. The summed E-state index contributed by atoms with van der Waals surface area (Å²) < 4.78 is 42.1. The van der Waals surface area contributed by atoms with E-state index in [2.05, 4.69) is 36.3 Å². The molecule has 1 aliphatic carbocycles. The molecule has 1 saturated heterocycles. The van der Waals surface area contributed by atoms with Gasteiger partial charge in [0.15, 0.2) is 6.04 Å². The van der Waals surface area contributed by atoms with Crippen LogP contribution in [0.2, 0.25) is 0 Å². The third-order valence-electron chi connectivity index (χ3n) is 7.05. The first-order valence-electron chi connectivity index (χ1n) is 11.3. The minimum Gasteiger partial charge on any atom is -0.366 e. The number of fused-ring (bicyclic) bond motifs is 1. The molecule has 178 valence electrons. The summed E-state index contributed by atoms with van der Waals surface area (Å²) in [5, 5.41) is 3.41. The number of hydrogen-bond donors (Lipinski definition) is 1. The number of thioether (sulfide) groups is 1. The predicted molar refractivity (Wildman–Crippen MR) is 126 cm³/mol. The number of hydrogen-bond acceptors (Lipinski definition) is 4. The Morgan fingerprint density at radius 1 is 1.18 bits per heavy atom. The summed E-state index contributed by atoms with van der Waals surface area (Å²) in [6.07, 6.45) is -1.26. The first kappa shape index (κ1) is 23.9. The second-order valence-corrected chi connectivity index (χ2v) is 10.8. The Bertz CT molecular complexity index is 987. The van der Waals surface area contributed by atoms with Gasteiger partial charge < -0.3 is 10.2 Å². The maximum absolute atomic E-state index is 14.0. The number of benzene rings is 1. The number of nitrogens with one attached hydrogen (secondary N) is 1. The Hall–Kier alpha value is -2.22. The number of aromatic nitrogens is 1. The third kappa shape index (κ3) is 4.86. The van der Waals surface area contributed by atoms with Gasteiger partial charge >= 0.3 is 6.18 Å². The van der Waals surface area contributed by atoms with Crippen LogP contribution in [0.15, 0.2) is 42.6 Å². The minimum atomic E-state index is -4.58. The summed E-state index contributed by atoms with van der Waals surface area (Å²) in [6, 6.07) is 9.38. The molecule has 1 aromatic heterocycles. The van der Waals surface area contributed by atoms with Gasteiger partial charge in [0, 0.05) is 36.2 Å². The second kappa shape index (κ2) is 9.20. The lowest BCUT2D eigenvalue weighted by atomic mass is 9.83. The summed E-state index contributed by atoms with van der Waals surface area (Å²) >= 11 is 1.74. The fourth-order valence-corrected chi connectivity index (χ4v) is 6.15. The Morgan fingerprint density at radius 3 is 2.48 bits per heavy atom. The summed E-state index contributed by atoms with van der Waals surface area (Å²) in [7, 11) is 1.26. The number of carbonyl (C=O) groups excluding carboxylic acids is 1. The van der Waals surface area contributed by atoms with Crippen LogP contribution < -0.4 is 5.32 Å². The molecule has 1 amide bonds. The van der Waals surface area contributed by atoms with Gasteiger partial charge in [0.1, 0.15) is 5.82 Å². The van der Waals surface area contributed by atoms with Crippen molar-refractivity contribution in [2.45, 2.75) is 56.8 Å². The van der Waals surface area contributed by atoms with Gasteiger partial charge in [-0.25, -0.2) is 4.98 Å². The van der Waals surface area contributed by atoms with Gasteiger partial charge in [-0.3, -0.25) is 4.79 Å². The van der Waals surface area contributed by atoms with Crippen LogP contribution in [0.5, 0.6) is 0 Å². The Morgan fingerprint density at radius 2 is 1.88 bits per heavy atom. The van der Waals surface area contributed by atoms with E-state index < -0.39 is 18.1 Å². The molecule has 4 nitrogen and oxygen atoms in total. The van der Waals surface area contributed by atoms with Gasteiger partial charge in [-0.15, -0.1) is 0 Å². The number of halogens is 3. The van der Waals surface area contributed by atoms with Gasteiger partial charge in [-0.05, 0) is 48.0 Å². The van der Waals surface area contributed by atoms with Crippen LogP contribution in [-0.4, -0.2) is 46.6 Å². The van der Waals surface area contributed by atoms with E-state index in [9.17, 15) is 18.0 Å². The SMILES string of the molecule is CN(C(=O)C1CCSCC1)[C@@H](c1ccc(NC2Cc3ccccc3C2(C)C)nc1)C(F)(F)F. The molecule has 1 unspecified atom stereocenters. The minimum absolute atomic E-state index is 0.0250. The number of anilines is 1. The summed E-state index contributed by atoms with van der Waals surface area (Å²) in [6.45, 7) is 4.32. The van der Waals surface area contributed by atoms with Crippen LogP contribution in [0.1, 0.15) is 49.4 Å². The lowest BCUT2D eigenvalue weighted by Crippen LogP contribution is -2.43. The molecule has 0 saturated carbocycles. The smallest absolute Gasteiger partial charge is 0.366 e. The molecule has 4 rings (SSSR count). The maximum Gasteiger partial charge on any atom is 0.413 e. The zero-order valence-corrected chi connectivity index (χ0v) is 20.0. The largest absolute Gasteiger partial charge is 0.413 e. The molecule has 2 aliphatic rings. The van der Waals surface area contributed by atoms with Gasteiger partial charge in [0.05, 0.1) is 0 Å². The Kier molecular flexibility index (Phi) is 6.67. The highest BCUT2D eigenvalue weighted by Gasteiger charge is 2.46. The van der Waals surface area contributed by atoms with E-state index >= 15 is 0 Å². The molecule has 2 heterocycles. The van der Waals surface area contributed by atoms with Crippen LogP contribution in [0.25, 0.3) is 0 Å². The van der Waals surface area contributed by atoms with Crippen molar-refractivity contribution in [2.24, 2.45) is 5.92 Å². The molecule has 0 radical (unpaired) electrons. The van der Waals surface area contributed by atoms with E-state index in [-0.39, 0.29) is 22.9 Å². The molecular formula is C25H30F3N3OS. The average Bonchev–Trinajstić information content (AvgIpc) is 3.04. The molecule has 2 atom stereocenters. The van der Waals surface area contributed by atoms with Gasteiger partial charge in [0.2, 0.25) is 5.91 Å².